The Hall–Kier alpha value is -0.840. The monoisotopic (exact) mass is 220 g/mol. The van der Waals surface area contributed by atoms with Gasteiger partial charge in [-0.3, -0.25) is 0 Å². The number of nitrogens with one attached hydrogen (secondary N) is 2. The van der Waals surface area contributed by atoms with Gasteiger partial charge in [-0.25, -0.2) is 0 Å². The molecule has 2 nitrogen and oxygen atoms in total. The molecule has 0 spiro atoms. The maximum Gasteiger partial charge on any atom is 0.0341 e. The fourth-order valence-corrected chi connectivity index (χ4v) is 2.77. The summed E-state index contributed by atoms with van der Waals surface area (Å²) in [6, 6.07) is 7.48. The molecule has 2 N–H and O–H groups in total. The summed E-state index contributed by atoms with van der Waals surface area (Å²) in [6.07, 6.45) is 13.5. The summed E-state index contributed by atoms with van der Waals surface area (Å²) in [5.74, 6) is 0. The van der Waals surface area contributed by atoms with Crippen molar-refractivity contribution in [2.45, 2.75) is 76.3 Å². The molecular formula is C14H24N2. The van der Waals surface area contributed by atoms with E-state index >= 15 is 0 Å². The quantitative estimate of drug-likeness (QED) is 0.552. The molecule has 2 heteroatoms. The van der Waals surface area contributed by atoms with Crippen molar-refractivity contribution in [1.29, 1.82) is 0 Å². The first kappa shape index (κ1) is 11.6. The van der Waals surface area contributed by atoms with Gasteiger partial charge in [-0.1, -0.05) is 38.5 Å². The van der Waals surface area contributed by atoms with Crippen LogP contribution in [-0.2, 0) is 0 Å². The zero-order chi connectivity index (χ0) is 11.1. The van der Waals surface area contributed by atoms with Crippen molar-refractivity contribution in [3.63, 3.8) is 0 Å². The Labute approximate surface area is 99.6 Å². The van der Waals surface area contributed by atoms with Gasteiger partial charge in [0, 0.05) is 24.2 Å². The van der Waals surface area contributed by atoms with Gasteiger partial charge in [-0.2, -0.15) is 0 Å². The Bertz CT molecular complexity index is 215. The molecule has 2 saturated carbocycles. The lowest BCUT2D eigenvalue weighted by atomic mass is 9.95. The summed E-state index contributed by atoms with van der Waals surface area (Å²) < 4.78 is 0. The predicted molar refractivity (Wildman–Crippen MR) is 67.8 cm³/mol. The molecule has 90 valence electrons. The predicted octanol–water partition coefficient (Wildman–Crippen LogP) is 2.75. The molecule has 0 aliphatic heterocycles. The molecule has 0 radical (unpaired) electrons. The zero-order valence-electron chi connectivity index (χ0n) is 10.2. The highest BCUT2D eigenvalue weighted by Gasteiger charge is 2.12. The van der Waals surface area contributed by atoms with Crippen LogP contribution in [0.15, 0.2) is 0 Å². The molecule has 2 rings (SSSR count). The average molecular weight is 220 g/mol. The van der Waals surface area contributed by atoms with Crippen LogP contribution in [0.1, 0.15) is 64.2 Å². The second-order valence-corrected chi connectivity index (χ2v) is 5.21. The van der Waals surface area contributed by atoms with Crippen molar-refractivity contribution in [3.8, 4) is 12.1 Å². The van der Waals surface area contributed by atoms with E-state index < -0.39 is 0 Å². The molecule has 0 bridgehead atoms. The van der Waals surface area contributed by atoms with E-state index in [2.05, 4.69) is 22.7 Å². The van der Waals surface area contributed by atoms with Crippen molar-refractivity contribution < 1.29 is 0 Å². The summed E-state index contributed by atoms with van der Waals surface area (Å²) in [5.41, 5.74) is 0. The van der Waals surface area contributed by atoms with Crippen LogP contribution in [0.4, 0.5) is 0 Å². The van der Waals surface area contributed by atoms with E-state index in [1.54, 1.807) is 0 Å². The summed E-state index contributed by atoms with van der Waals surface area (Å²) in [7, 11) is 0. The van der Waals surface area contributed by atoms with Crippen LogP contribution >= 0.6 is 0 Å². The molecule has 0 amide bonds. The zero-order valence-corrected chi connectivity index (χ0v) is 10.2. The van der Waals surface area contributed by atoms with E-state index in [0.717, 1.165) is 0 Å². The largest absolute Gasteiger partial charge is 0.341 e. The van der Waals surface area contributed by atoms with Gasteiger partial charge < -0.3 is 10.6 Å². The first-order valence-corrected chi connectivity index (χ1v) is 6.96. The summed E-state index contributed by atoms with van der Waals surface area (Å²) >= 11 is 0. The second kappa shape index (κ2) is 6.68. The minimum atomic E-state index is 0.648. The minimum Gasteiger partial charge on any atom is -0.341 e. The van der Waals surface area contributed by atoms with Crippen molar-refractivity contribution in [3.05, 3.63) is 0 Å². The number of hydrogen-bond donors (Lipinski definition) is 2. The maximum atomic E-state index is 3.34. The molecule has 2 fully saturated rings. The van der Waals surface area contributed by atoms with Crippen molar-refractivity contribution >= 4 is 0 Å². The van der Waals surface area contributed by atoms with Gasteiger partial charge in [0.1, 0.15) is 0 Å². The van der Waals surface area contributed by atoms with Crippen LogP contribution in [-0.4, -0.2) is 12.1 Å². The van der Waals surface area contributed by atoms with Crippen molar-refractivity contribution in [2.24, 2.45) is 0 Å². The summed E-state index contributed by atoms with van der Waals surface area (Å²) in [4.78, 5) is 0. The Morgan fingerprint density at radius 2 is 0.938 bits per heavy atom. The van der Waals surface area contributed by atoms with Crippen molar-refractivity contribution in [2.75, 3.05) is 0 Å². The first-order chi connectivity index (χ1) is 7.95. The van der Waals surface area contributed by atoms with E-state index in [-0.39, 0.29) is 0 Å². The Morgan fingerprint density at radius 1 is 0.562 bits per heavy atom. The Kier molecular flexibility index (Phi) is 4.86. The second-order valence-electron chi connectivity index (χ2n) is 5.21. The third kappa shape index (κ3) is 3.96. The highest BCUT2D eigenvalue weighted by molar-refractivity contribution is 4.98. The average Bonchev–Trinajstić information content (AvgIpc) is 2.37. The molecule has 0 unspecified atom stereocenters. The first-order valence-electron chi connectivity index (χ1n) is 6.96. The van der Waals surface area contributed by atoms with Crippen LogP contribution in [0, 0.1) is 12.1 Å². The molecule has 2 aliphatic rings. The molecule has 0 heterocycles. The van der Waals surface area contributed by atoms with Crippen molar-refractivity contribution in [1.82, 2.24) is 10.6 Å². The van der Waals surface area contributed by atoms with Gasteiger partial charge >= 0.3 is 0 Å². The van der Waals surface area contributed by atoms with E-state index in [4.69, 9.17) is 0 Å². The van der Waals surface area contributed by atoms with Crippen LogP contribution in [0.25, 0.3) is 0 Å². The van der Waals surface area contributed by atoms with E-state index in [1.807, 2.05) is 0 Å². The third-order valence-corrected chi connectivity index (χ3v) is 3.83. The van der Waals surface area contributed by atoms with E-state index in [9.17, 15) is 0 Å². The summed E-state index contributed by atoms with van der Waals surface area (Å²) in [5, 5.41) is 6.68. The highest BCUT2D eigenvalue weighted by atomic mass is 14.9. The number of hydrogen-bond acceptors (Lipinski definition) is 2. The maximum absolute atomic E-state index is 3.34. The molecule has 2 aliphatic carbocycles. The van der Waals surface area contributed by atoms with Crippen LogP contribution in [0.2, 0.25) is 0 Å². The van der Waals surface area contributed by atoms with Crippen LogP contribution in [0.3, 0.4) is 0 Å². The smallest absolute Gasteiger partial charge is 0.0341 e. The van der Waals surface area contributed by atoms with Crippen LogP contribution < -0.4 is 10.6 Å². The van der Waals surface area contributed by atoms with E-state index in [1.165, 1.54) is 64.2 Å². The molecule has 0 aromatic heterocycles. The topological polar surface area (TPSA) is 24.1 Å². The normalized spacial score (nSPS) is 23.2. The van der Waals surface area contributed by atoms with Gasteiger partial charge in [0.15, 0.2) is 0 Å². The standard InChI is InChI=1S/C14H24N2/c1-3-7-13(8-4-1)15-11-12-16-14-9-5-2-6-10-14/h13-16H,1-10H2. The lowest BCUT2D eigenvalue weighted by Gasteiger charge is -2.21. The third-order valence-electron chi connectivity index (χ3n) is 3.83. The fraction of sp³-hybridized carbons (Fsp3) is 0.857. The Morgan fingerprint density at radius 3 is 1.31 bits per heavy atom. The van der Waals surface area contributed by atoms with Gasteiger partial charge in [-0.05, 0) is 25.7 Å². The van der Waals surface area contributed by atoms with Gasteiger partial charge in [0.25, 0.3) is 0 Å². The molecule has 0 atom stereocenters. The SMILES string of the molecule is C(#CNC1CCCCC1)NC1CCCCC1. The van der Waals surface area contributed by atoms with E-state index in [0.29, 0.717) is 12.1 Å². The molecule has 0 aromatic rings. The molecule has 16 heavy (non-hydrogen) atoms. The lowest BCUT2D eigenvalue weighted by molar-refractivity contribution is 0.404. The highest BCUT2D eigenvalue weighted by Crippen LogP contribution is 2.17. The fourth-order valence-electron chi connectivity index (χ4n) is 2.77. The number of rotatable bonds is 2. The van der Waals surface area contributed by atoms with Crippen LogP contribution in [0.5, 0.6) is 0 Å². The van der Waals surface area contributed by atoms with Gasteiger partial charge in [-0.15, -0.1) is 0 Å². The van der Waals surface area contributed by atoms with Gasteiger partial charge in [0.2, 0.25) is 0 Å². The van der Waals surface area contributed by atoms with Gasteiger partial charge in [0.05, 0.1) is 0 Å². The minimum absolute atomic E-state index is 0.648. The lowest BCUT2D eigenvalue weighted by Crippen LogP contribution is -2.30. The summed E-state index contributed by atoms with van der Waals surface area (Å²) in [6.45, 7) is 0. The molecule has 0 saturated heterocycles. The molecule has 0 aromatic carbocycles. The Balaban J connectivity index is 1.61. The molecular weight excluding hydrogens is 196 g/mol.